The number of nitrogens with one attached hydrogen (secondary N) is 2. The van der Waals surface area contributed by atoms with Crippen molar-refractivity contribution in [3.05, 3.63) is 59.2 Å². The van der Waals surface area contributed by atoms with Gasteiger partial charge in [-0.05, 0) is 68.1 Å². The number of ether oxygens (including phenoxy) is 1. The molecule has 0 aromatic heterocycles. The summed E-state index contributed by atoms with van der Waals surface area (Å²) in [6, 6.07) is 9.73. The van der Waals surface area contributed by atoms with E-state index < -0.39 is 34.6 Å². The number of aryl methyl sites for hydroxylation is 2. The van der Waals surface area contributed by atoms with Crippen molar-refractivity contribution in [1.29, 1.82) is 0 Å². The Hall–Kier alpha value is -3.40. The van der Waals surface area contributed by atoms with Crippen LogP contribution in [0.4, 0.5) is 4.79 Å². The third-order valence-corrected chi connectivity index (χ3v) is 6.58. The van der Waals surface area contributed by atoms with Gasteiger partial charge in [-0.15, -0.1) is 0 Å². The maximum absolute atomic E-state index is 12.6. The van der Waals surface area contributed by atoms with Crippen molar-refractivity contribution in [2.24, 2.45) is 0 Å². The Morgan fingerprint density at radius 3 is 2.33 bits per heavy atom. The quantitative estimate of drug-likeness (QED) is 0.466. The Kier molecular flexibility index (Phi) is 7.70. The number of benzene rings is 2. The molecule has 2 N–H and O–H groups in total. The van der Waals surface area contributed by atoms with Gasteiger partial charge in [-0.1, -0.05) is 25.0 Å². The predicted molar refractivity (Wildman–Crippen MR) is 119 cm³/mol. The summed E-state index contributed by atoms with van der Waals surface area (Å²) in [6.07, 6.45) is 3.83. The van der Waals surface area contributed by atoms with E-state index in [-0.39, 0.29) is 22.3 Å². The van der Waals surface area contributed by atoms with Gasteiger partial charge in [0.1, 0.15) is 10.6 Å². The van der Waals surface area contributed by atoms with Gasteiger partial charge in [0.15, 0.2) is 6.61 Å². The van der Waals surface area contributed by atoms with Crippen molar-refractivity contribution in [1.82, 2.24) is 10.6 Å². The predicted octanol–water partition coefficient (Wildman–Crippen LogP) is 3.00. The minimum atomic E-state index is -4.05. The highest BCUT2D eigenvalue weighted by atomic mass is 32.2. The monoisotopic (exact) mass is 474 g/mol. The van der Waals surface area contributed by atoms with Crippen LogP contribution in [0.15, 0.2) is 47.4 Å². The van der Waals surface area contributed by atoms with E-state index in [1.165, 1.54) is 30.3 Å². The number of urea groups is 1. The Bertz CT molecular complexity index is 1140. The van der Waals surface area contributed by atoms with Crippen LogP contribution in [0.5, 0.6) is 5.75 Å². The van der Waals surface area contributed by atoms with Crippen LogP contribution in [0.2, 0.25) is 0 Å². The zero-order valence-corrected chi connectivity index (χ0v) is 19.2. The first kappa shape index (κ1) is 24.2. The maximum atomic E-state index is 12.6. The van der Waals surface area contributed by atoms with Crippen molar-refractivity contribution in [3.63, 3.8) is 0 Å². The molecule has 33 heavy (non-hydrogen) atoms. The molecular weight excluding hydrogens is 448 g/mol. The SMILES string of the molecule is Cc1ccc(C)c(S(=O)(=O)Oc2ccc(C(=O)OCC(=O)NC(=O)NC3CCCC3)cc2)c1. The molecule has 0 radical (unpaired) electrons. The highest BCUT2D eigenvalue weighted by Gasteiger charge is 2.21. The molecule has 9 nitrogen and oxygen atoms in total. The lowest BCUT2D eigenvalue weighted by Crippen LogP contribution is -2.44. The molecule has 1 aliphatic rings. The summed E-state index contributed by atoms with van der Waals surface area (Å²) in [7, 11) is -4.05. The number of rotatable bonds is 7. The highest BCUT2D eigenvalue weighted by molar-refractivity contribution is 7.87. The average molecular weight is 475 g/mol. The molecule has 0 saturated heterocycles. The molecule has 0 bridgehead atoms. The van der Waals surface area contributed by atoms with E-state index in [9.17, 15) is 22.8 Å². The first-order valence-electron chi connectivity index (χ1n) is 10.5. The van der Waals surface area contributed by atoms with E-state index in [1.54, 1.807) is 26.0 Å². The zero-order valence-electron chi connectivity index (χ0n) is 18.4. The maximum Gasteiger partial charge on any atom is 0.339 e. The summed E-state index contributed by atoms with van der Waals surface area (Å²) in [5, 5.41) is 4.82. The summed E-state index contributed by atoms with van der Waals surface area (Å²) in [5.41, 5.74) is 1.42. The Labute approximate surface area is 192 Å². The molecule has 1 aliphatic carbocycles. The summed E-state index contributed by atoms with van der Waals surface area (Å²) >= 11 is 0. The Morgan fingerprint density at radius 1 is 1.00 bits per heavy atom. The second-order valence-corrected chi connectivity index (χ2v) is 9.42. The summed E-state index contributed by atoms with van der Waals surface area (Å²) in [6.45, 7) is 2.82. The first-order chi connectivity index (χ1) is 15.6. The lowest BCUT2D eigenvalue weighted by molar-refractivity contribution is -0.123. The average Bonchev–Trinajstić information content (AvgIpc) is 3.26. The van der Waals surface area contributed by atoms with Gasteiger partial charge in [-0.2, -0.15) is 8.42 Å². The van der Waals surface area contributed by atoms with Crippen LogP contribution in [0.25, 0.3) is 0 Å². The number of amides is 3. The molecule has 1 saturated carbocycles. The van der Waals surface area contributed by atoms with Crippen molar-refractivity contribution in [2.75, 3.05) is 6.61 Å². The van der Waals surface area contributed by atoms with Gasteiger partial charge in [0.2, 0.25) is 0 Å². The fraction of sp³-hybridized carbons (Fsp3) is 0.348. The largest absolute Gasteiger partial charge is 0.452 e. The smallest absolute Gasteiger partial charge is 0.339 e. The molecule has 2 aromatic carbocycles. The third-order valence-electron chi connectivity index (χ3n) is 5.19. The molecule has 0 aliphatic heterocycles. The molecule has 3 rings (SSSR count). The van der Waals surface area contributed by atoms with Gasteiger partial charge in [0.05, 0.1) is 5.56 Å². The normalized spacial score (nSPS) is 13.9. The molecule has 2 aromatic rings. The van der Waals surface area contributed by atoms with Crippen molar-refractivity contribution in [3.8, 4) is 5.75 Å². The minimum Gasteiger partial charge on any atom is -0.452 e. The lowest BCUT2D eigenvalue weighted by atomic mass is 10.2. The van der Waals surface area contributed by atoms with E-state index in [2.05, 4.69) is 10.6 Å². The van der Waals surface area contributed by atoms with Gasteiger partial charge in [0.25, 0.3) is 5.91 Å². The van der Waals surface area contributed by atoms with Crippen molar-refractivity contribution < 1.29 is 31.7 Å². The molecule has 10 heteroatoms. The van der Waals surface area contributed by atoms with Gasteiger partial charge in [-0.25, -0.2) is 9.59 Å². The summed E-state index contributed by atoms with van der Waals surface area (Å²) in [5.74, 6) is -1.53. The van der Waals surface area contributed by atoms with Gasteiger partial charge in [0, 0.05) is 6.04 Å². The fourth-order valence-corrected chi connectivity index (χ4v) is 4.71. The van der Waals surface area contributed by atoms with Crippen molar-refractivity contribution >= 4 is 28.0 Å². The number of carbonyl (C=O) groups excluding carboxylic acids is 3. The second-order valence-electron chi connectivity index (χ2n) is 7.91. The van der Waals surface area contributed by atoms with Gasteiger partial charge >= 0.3 is 22.1 Å². The first-order valence-corrected chi connectivity index (χ1v) is 11.9. The van der Waals surface area contributed by atoms with Crippen LogP contribution in [-0.4, -0.2) is 39.0 Å². The van der Waals surface area contributed by atoms with Crippen LogP contribution >= 0.6 is 0 Å². The number of esters is 1. The second kappa shape index (κ2) is 10.5. The molecule has 176 valence electrons. The Balaban J connectivity index is 1.51. The third kappa shape index (κ3) is 6.79. The number of hydrogen-bond acceptors (Lipinski definition) is 7. The fourth-order valence-electron chi connectivity index (χ4n) is 3.46. The van der Waals surface area contributed by atoms with E-state index in [1.807, 2.05) is 0 Å². The van der Waals surface area contributed by atoms with E-state index in [4.69, 9.17) is 8.92 Å². The zero-order chi connectivity index (χ0) is 24.0. The van der Waals surface area contributed by atoms with E-state index in [0.717, 1.165) is 31.2 Å². The summed E-state index contributed by atoms with van der Waals surface area (Å²) in [4.78, 5) is 35.8. The van der Waals surface area contributed by atoms with E-state index in [0.29, 0.717) is 5.56 Å². The minimum absolute atomic E-state index is 0.0220. The highest BCUT2D eigenvalue weighted by Crippen LogP contribution is 2.23. The molecule has 0 atom stereocenters. The molecular formula is C23H26N2O7S. The number of hydrogen-bond donors (Lipinski definition) is 2. The van der Waals surface area contributed by atoms with Crippen LogP contribution in [0.3, 0.4) is 0 Å². The standard InChI is InChI=1S/C23H26N2O7S/c1-15-7-8-16(2)20(13-15)33(29,30)32-19-11-9-17(10-12-19)22(27)31-14-21(26)25-23(28)24-18-5-3-4-6-18/h7-13,18H,3-6,14H2,1-2H3,(H2,24,25,26,28). The topological polar surface area (TPSA) is 128 Å². The molecule has 0 heterocycles. The number of imide groups is 1. The van der Waals surface area contributed by atoms with Crippen LogP contribution in [-0.2, 0) is 19.6 Å². The number of carbonyl (C=O) groups is 3. The van der Waals surface area contributed by atoms with Crippen LogP contribution < -0.4 is 14.8 Å². The summed E-state index contributed by atoms with van der Waals surface area (Å²) < 4.78 is 35.2. The lowest BCUT2D eigenvalue weighted by Gasteiger charge is -2.12. The van der Waals surface area contributed by atoms with Crippen molar-refractivity contribution in [2.45, 2.75) is 50.5 Å². The van der Waals surface area contributed by atoms with E-state index >= 15 is 0 Å². The van der Waals surface area contributed by atoms with Gasteiger partial charge < -0.3 is 14.2 Å². The van der Waals surface area contributed by atoms with Crippen LogP contribution in [0.1, 0.15) is 47.2 Å². The van der Waals surface area contributed by atoms with Crippen LogP contribution in [0, 0.1) is 13.8 Å². The molecule has 3 amide bonds. The molecule has 1 fully saturated rings. The molecule has 0 spiro atoms. The Morgan fingerprint density at radius 2 is 1.67 bits per heavy atom. The molecule has 0 unspecified atom stereocenters. The van der Waals surface area contributed by atoms with Gasteiger partial charge in [-0.3, -0.25) is 10.1 Å².